The van der Waals surface area contributed by atoms with Crippen LogP contribution in [-0.4, -0.2) is 48.9 Å². The van der Waals surface area contributed by atoms with Crippen molar-refractivity contribution in [2.24, 2.45) is 11.1 Å². The van der Waals surface area contributed by atoms with E-state index < -0.39 is 0 Å². The first-order valence-corrected chi connectivity index (χ1v) is 7.34. The van der Waals surface area contributed by atoms with Crippen molar-refractivity contribution in [3.63, 3.8) is 0 Å². The number of carbonyl (C=O) groups excluding carboxylic acids is 1. The summed E-state index contributed by atoms with van der Waals surface area (Å²) in [4.78, 5) is 16.5. The fourth-order valence-electron chi connectivity index (χ4n) is 2.70. The summed E-state index contributed by atoms with van der Waals surface area (Å²) >= 11 is 0. The van der Waals surface area contributed by atoms with Gasteiger partial charge in [0.15, 0.2) is 0 Å². The van der Waals surface area contributed by atoms with E-state index in [1.165, 1.54) is 0 Å². The van der Waals surface area contributed by atoms with Crippen molar-refractivity contribution < 1.29 is 10.0 Å². The fraction of sp³-hybridized carbons (Fsp3) is 0.500. The molecule has 0 spiro atoms. The molecular weight excluding hydrogens is 266 g/mol. The Labute approximate surface area is 125 Å². The molecule has 5 nitrogen and oxygen atoms in total. The third kappa shape index (κ3) is 3.35. The fourth-order valence-corrected chi connectivity index (χ4v) is 2.70. The van der Waals surface area contributed by atoms with Gasteiger partial charge in [-0.15, -0.1) is 0 Å². The number of anilines is 1. The van der Waals surface area contributed by atoms with Gasteiger partial charge in [-0.05, 0) is 24.6 Å². The van der Waals surface area contributed by atoms with E-state index in [1.54, 1.807) is 0 Å². The Balaban J connectivity index is 2.15. The van der Waals surface area contributed by atoms with Gasteiger partial charge in [0, 0.05) is 50.8 Å². The van der Waals surface area contributed by atoms with Crippen molar-refractivity contribution in [2.75, 3.05) is 32.1 Å². The zero-order valence-corrected chi connectivity index (χ0v) is 12.9. The van der Waals surface area contributed by atoms with Crippen molar-refractivity contribution in [1.29, 1.82) is 0 Å². The Morgan fingerprint density at radius 2 is 2.24 bits per heavy atom. The number of benzene rings is 1. The highest BCUT2D eigenvalue weighted by atomic mass is 16.4. The Morgan fingerprint density at radius 3 is 2.86 bits per heavy atom. The quantitative estimate of drug-likeness (QED) is 0.687. The van der Waals surface area contributed by atoms with Gasteiger partial charge in [-0.2, -0.15) is 0 Å². The number of carbonyl (C=O) groups is 1. The average molecular weight is 289 g/mol. The number of oxime groups is 1. The number of hydrogen-bond donors (Lipinski definition) is 1. The predicted octanol–water partition coefficient (Wildman–Crippen LogP) is 2.45. The topological polar surface area (TPSA) is 56.1 Å². The van der Waals surface area contributed by atoms with Crippen LogP contribution in [0.1, 0.15) is 30.1 Å². The van der Waals surface area contributed by atoms with Crippen LogP contribution in [0.25, 0.3) is 0 Å². The Bertz CT molecular complexity index is 540. The summed E-state index contributed by atoms with van der Waals surface area (Å²) in [6.45, 7) is 3.29. The summed E-state index contributed by atoms with van der Waals surface area (Å²) in [7, 11) is 3.92. The molecule has 0 saturated carbocycles. The molecule has 1 aliphatic heterocycles. The summed E-state index contributed by atoms with van der Waals surface area (Å²) < 4.78 is 0. The number of hydrogen-bond acceptors (Lipinski definition) is 4. The molecule has 1 atom stereocenters. The second kappa shape index (κ2) is 6.61. The van der Waals surface area contributed by atoms with Gasteiger partial charge in [-0.3, -0.25) is 4.79 Å². The van der Waals surface area contributed by atoms with Gasteiger partial charge < -0.3 is 15.0 Å². The molecule has 1 aliphatic rings. The van der Waals surface area contributed by atoms with E-state index in [-0.39, 0.29) is 11.8 Å². The minimum absolute atomic E-state index is 0.0501. The molecule has 5 heteroatoms. The minimum Gasteiger partial charge on any atom is -0.411 e. The van der Waals surface area contributed by atoms with E-state index in [0.29, 0.717) is 25.1 Å². The van der Waals surface area contributed by atoms with Crippen LogP contribution in [0.4, 0.5) is 5.69 Å². The average Bonchev–Trinajstić information content (AvgIpc) is 2.53. The SMILES string of the molecule is CCC1CN(C(=O)c2cccc(N(C)C)c2)CC/C1=N\O. The van der Waals surface area contributed by atoms with E-state index in [4.69, 9.17) is 5.21 Å². The lowest BCUT2D eigenvalue weighted by molar-refractivity contribution is 0.0729. The van der Waals surface area contributed by atoms with Crippen LogP contribution in [0, 0.1) is 5.92 Å². The predicted molar refractivity (Wildman–Crippen MR) is 84.3 cm³/mol. The first-order valence-electron chi connectivity index (χ1n) is 7.34. The lowest BCUT2D eigenvalue weighted by atomic mass is 9.93. The molecular formula is C16H23N3O2. The Hall–Kier alpha value is -2.04. The molecule has 1 saturated heterocycles. The monoisotopic (exact) mass is 289 g/mol. The first kappa shape index (κ1) is 15.4. The van der Waals surface area contributed by atoms with Crippen LogP contribution in [0.3, 0.4) is 0 Å². The van der Waals surface area contributed by atoms with Gasteiger partial charge in [-0.25, -0.2) is 0 Å². The number of amides is 1. The molecule has 1 amide bonds. The largest absolute Gasteiger partial charge is 0.411 e. The van der Waals surface area contributed by atoms with E-state index in [2.05, 4.69) is 12.1 Å². The molecule has 1 aromatic carbocycles. The van der Waals surface area contributed by atoms with Crippen molar-refractivity contribution in [3.8, 4) is 0 Å². The molecule has 0 bridgehead atoms. The van der Waals surface area contributed by atoms with Gasteiger partial charge in [0.05, 0.1) is 5.71 Å². The van der Waals surface area contributed by atoms with Gasteiger partial charge in [-0.1, -0.05) is 18.1 Å². The zero-order chi connectivity index (χ0) is 15.4. The molecule has 0 aliphatic carbocycles. The number of piperidine rings is 1. The van der Waals surface area contributed by atoms with E-state index in [1.807, 2.05) is 48.2 Å². The van der Waals surface area contributed by atoms with Crippen LogP contribution in [0.5, 0.6) is 0 Å². The van der Waals surface area contributed by atoms with Crippen LogP contribution in [0.15, 0.2) is 29.4 Å². The maximum absolute atomic E-state index is 12.6. The maximum atomic E-state index is 12.6. The molecule has 0 radical (unpaired) electrons. The molecule has 0 aromatic heterocycles. The molecule has 1 heterocycles. The molecule has 2 rings (SSSR count). The lowest BCUT2D eigenvalue weighted by Gasteiger charge is -2.33. The third-order valence-corrected chi connectivity index (χ3v) is 4.07. The summed E-state index contributed by atoms with van der Waals surface area (Å²) in [5.41, 5.74) is 2.53. The molecule has 1 aromatic rings. The zero-order valence-electron chi connectivity index (χ0n) is 12.9. The molecule has 114 valence electrons. The molecule has 1 fully saturated rings. The summed E-state index contributed by atoms with van der Waals surface area (Å²) in [6, 6.07) is 7.66. The maximum Gasteiger partial charge on any atom is 0.253 e. The highest BCUT2D eigenvalue weighted by molar-refractivity contribution is 5.97. The Morgan fingerprint density at radius 1 is 1.48 bits per heavy atom. The second-order valence-corrected chi connectivity index (χ2v) is 5.64. The second-order valence-electron chi connectivity index (χ2n) is 5.64. The molecule has 1 unspecified atom stereocenters. The standard InChI is InChI=1S/C16H23N3O2/c1-4-12-11-19(9-8-15(12)17-21)16(20)13-6-5-7-14(10-13)18(2)3/h5-7,10,12,21H,4,8-9,11H2,1-3H3/b17-15+. The van der Waals surface area contributed by atoms with Crippen molar-refractivity contribution in [3.05, 3.63) is 29.8 Å². The summed E-state index contributed by atoms with van der Waals surface area (Å²) in [6.07, 6.45) is 1.52. The molecule has 1 N–H and O–H groups in total. The van der Waals surface area contributed by atoms with E-state index >= 15 is 0 Å². The third-order valence-electron chi connectivity index (χ3n) is 4.07. The number of likely N-dealkylation sites (tertiary alicyclic amines) is 1. The lowest BCUT2D eigenvalue weighted by Crippen LogP contribution is -2.44. The number of rotatable bonds is 3. The van der Waals surface area contributed by atoms with Crippen LogP contribution in [-0.2, 0) is 0 Å². The Kier molecular flexibility index (Phi) is 4.83. The summed E-state index contributed by atoms with van der Waals surface area (Å²) in [5, 5.41) is 12.4. The minimum atomic E-state index is 0.0501. The highest BCUT2D eigenvalue weighted by Gasteiger charge is 2.28. The van der Waals surface area contributed by atoms with Gasteiger partial charge in [0.25, 0.3) is 5.91 Å². The number of nitrogens with zero attached hydrogens (tertiary/aromatic N) is 3. The van der Waals surface area contributed by atoms with Gasteiger partial charge in [0.1, 0.15) is 0 Å². The van der Waals surface area contributed by atoms with Crippen LogP contribution in [0.2, 0.25) is 0 Å². The van der Waals surface area contributed by atoms with Crippen LogP contribution >= 0.6 is 0 Å². The summed E-state index contributed by atoms with van der Waals surface area (Å²) in [5.74, 6) is 0.207. The van der Waals surface area contributed by atoms with Gasteiger partial charge >= 0.3 is 0 Å². The van der Waals surface area contributed by atoms with E-state index in [0.717, 1.165) is 17.8 Å². The van der Waals surface area contributed by atoms with E-state index in [9.17, 15) is 4.79 Å². The van der Waals surface area contributed by atoms with Gasteiger partial charge in [0.2, 0.25) is 0 Å². The first-order chi connectivity index (χ1) is 10.1. The van der Waals surface area contributed by atoms with Crippen molar-refractivity contribution in [1.82, 2.24) is 4.90 Å². The van der Waals surface area contributed by atoms with Crippen molar-refractivity contribution in [2.45, 2.75) is 19.8 Å². The molecule has 21 heavy (non-hydrogen) atoms. The highest BCUT2D eigenvalue weighted by Crippen LogP contribution is 2.21. The van der Waals surface area contributed by atoms with Crippen LogP contribution < -0.4 is 4.90 Å². The normalized spacial score (nSPS) is 20.6. The smallest absolute Gasteiger partial charge is 0.253 e. The van der Waals surface area contributed by atoms with Crippen molar-refractivity contribution >= 4 is 17.3 Å².